The Bertz CT molecular complexity index is 898. The summed E-state index contributed by atoms with van der Waals surface area (Å²) < 4.78 is 38.4. The number of rotatable bonds is 8. The van der Waals surface area contributed by atoms with Gasteiger partial charge in [0.25, 0.3) is 5.91 Å². The minimum absolute atomic E-state index is 0.330. The van der Waals surface area contributed by atoms with Crippen molar-refractivity contribution < 1.29 is 27.8 Å². The van der Waals surface area contributed by atoms with Gasteiger partial charge in [0, 0.05) is 5.56 Å². The van der Waals surface area contributed by atoms with Crippen LogP contribution in [0.5, 0.6) is 11.5 Å². The van der Waals surface area contributed by atoms with E-state index in [0.717, 1.165) is 18.2 Å². The Morgan fingerprint density at radius 1 is 0.933 bits per heavy atom. The van der Waals surface area contributed by atoms with Crippen LogP contribution < -0.4 is 20.1 Å². The smallest absolute Gasteiger partial charge is 0.257 e. The number of nitrogens with one attached hydrogen (secondary N) is 2. The second kappa shape index (κ2) is 10.0. The lowest BCUT2D eigenvalue weighted by Crippen LogP contribution is -2.50. The van der Waals surface area contributed by atoms with Crippen LogP contribution in [-0.2, 0) is 4.79 Å². The highest BCUT2D eigenvalue weighted by atomic mass is 19.1. The first-order chi connectivity index (χ1) is 14.2. The molecule has 6 nitrogen and oxygen atoms in total. The van der Waals surface area contributed by atoms with Crippen LogP contribution in [0.25, 0.3) is 0 Å². The molecule has 2 aromatic rings. The molecule has 2 atom stereocenters. The van der Waals surface area contributed by atoms with Crippen molar-refractivity contribution in [2.75, 3.05) is 14.2 Å². The maximum atomic E-state index is 13.9. The van der Waals surface area contributed by atoms with E-state index in [1.165, 1.54) is 14.2 Å². The average molecular weight is 420 g/mol. The lowest BCUT2D eigenvalue weighted by Gasteiger charge is -2.25. The third-order valence-corrected chi connectivity index (χ3v) is 4.69. The van der Waals surface area contributed by atoms with Crippen LogP contribution >= 0.6 is 0 Å². The van der Waals surface area contributed by atoms with E-state index in [1.807, 2.05) is 0 Å². The van der Waals surface area contributed by atoms with Gasteiger partial charge in [-0.3, -0.25) is 9.59 Å². The highest BCUT2D eigenvalue weighted by Gasteiger charge is 2.28. The van der Waals surface area contributed by atoms with Crippen molar-refractivity contribution in [1.82, 2.24) is 10.6 Å². The Hall–Kier alpha value is -3.16. The number of carbonyl (C=O) groups is 2. The molecule has 8 heteroatoms. The summed E-state index contributed by atoms with van der Waals surface area (Å²) in [6, 6.07) is 6.84. The Kier molecular flexibility index (Phi) is 7.74. The van der Waals surface area contributed by atoms with Crippen molar-refractivity contribution in [3.8, 4) is 11.5 Å². The van der Waals surface area contributed by atoms with E-state index in [1.54, 1.807) is 39.0 Å². The van der Waals surface area contributed by atoms with E-state index < -0.39 is 41.1 Å². The molecule has 0 bridgehead atoms. The van der Waals surface area contributed by atoms with Crippen LogP contribution in [0.15, 0.2) is 36.4 Å². The molecule has 0 aliphatic heterocycles. The largest absolute Gasteiger partial charge is 0.497 e. The van der Waals surface area contributed by atoms with Crippen molar-refractivity contribution in [3.05, 3.63) is 59.2 Å². The zero-order chi connectivity index (χ0) is 22.4. The standard InChI is InChI=1S/C22H26F2N2O4/c1-12(2)20(26-21(27)19-16(23)7-6-8-17(19)24)22(28)25-13(3)15-11-14(29-4)9-10-18(15)30-5/h6-13,20H,1-5H3,(H,25,28)(H,26,27). The average Bonchev–Trinajstić information content (AvgIpc) is 2.70. The molecule has 0 aliphatic carbocycles. The van der Waals surface area contributed by atoms with Gasteiger partial charge >= 0.3 is 0 Å². The van der Waals surface area contributed by atoms with Gasteiger partial charge in [0.15, 0.2) is 0 Å². The van der Waals surface area contributed by atoms with E-state index in [2.05, 4.69) is 10.6 Å². The van der Waals surface area contributed by atoms with Crippen molar-refractivity contribution in [2.24, 2.45) is 5.92 Å². The number of ether oxygens (including phenoxy) is 2. The molecule has 0 fully saturated rings. The number of benzene rings is 2. The van der Waals surface area contributed by atoms with Crippen molar-refractivity contribution in [2.45, 2.75) is 32.9 Å². The van der Waals surface area contributed by atoms with Crippen LogP contribution in [0.4, 0.5) is 8.78 Å². The monoisotopic (exact) mass is 420 g/mol. The molecule has 0 spiro atoms. The highest BCUT2D eigenvalue weighted by Crippen LogP contribution is 2.29. The predicted octanol–water partition coefficient (Wildman–Crippen LogP) is 3.61. The van der Waals surface area contributed by atoms with Crippen LogP contribution in [0, 0.1) is 17.6 Å². The van der Waals surface area contributed by atoms with Gasteiger partial charge in [0.05, 0.1) is 20.3 Å². The topological polar surface area (TPSA) is 76.7 Å². The Balaban J connectivity index is 2.21. The summed E-state index contributed by atoms with van der Waals surface area (Å²) in [5, 5.41) is 5.25. The number of amides is 2. The molecule has 2 amide bonds. The maximum Gasteiger partial charge on any atom is 0.257 e. The third-order valence-electron chi connectivity index (χ3n) is 4.69. The van der Waals surface area contributed by atoms with Gasteiger partial charge in [0.1, 0.15) is 34.7 Å². The Labute approximate surface area is 174 Å². The Morgan fingerprint density at radius 3 is 2.10 bits per heavy atom. The fourth-order valence-corrected chi connectivity index (χ4v) is 3.02. The summed E-state index contributed by atoms with van der Waals surface area (Å²) in [6.45, 7) is 5.20. The number of hydrogen-bond acceptors (Lipinski definition) is 4. The lowest BCUT2D eigenvalue weighted by molar-refractivity contribution is -0.124. The quantitative estimate of drug-likeness (QED) is 0.684. The fraction of sp³-hybridized carbons (Fsp3) is 0.364. The maximum absolute atomic E-state index is 13.9. The summed E-state index contributed by atoms with van der Waals surface area (Å²) >= 11 is 0. The van der Waals surface area contributed by atoms with Gasteiger partial charge in [-0.15, -0.1) is 0 Å². The molecule has 162 valence electrons. The summed E-state index contributed by atoms with van der Waals surface area (Å²) in [6.07, 6.45) is 0. The number of halogens is 2. The van der Waals surface area contributed by atoms with E-state index in [4.69, 9.17) is 9.47 Å². The molecule has 0 saturated heterocycles. The van der Waals surface area contributed by atoms with Gasteiger partial charge in [-0.2, -0.15) is 0 Å². The highest BCUT2D eigenvalue weighted by molar-refractivity contribution is 5.98. The van der Waals surface area contributed by atoms with Crippen LogP contribution in [0.3, 0.4) is 0 Å². The van der Waals surface area contributed by atoms with E-state index in [9.17, 15) is 18.4 Å². The summed E-state index contributed by atoms with van der Waals surface area (Å²) in [5.41, 5.74) is -0.0438. The molecular weight excluding hydrogens is 394 g/mol. The van der Waals surface area contributed by atoms with Gasteiger partial charge < -0.3 is 20.1 Å². The zero-order valence-electron chi connectivity index (χ0n) is 17.6. The van der Waals surface area contributed by atoms with Crippen LogP contribution in [-0.4, -0.2) is 32.1 Å². The van der Waals surface area contributed by atoms with Crippen molar-refractivity contribution in [3.63, 3.8) is 0 Å². The molecule has 30 heavy (non-hydrogen) atoms. The molecule has 2 aromatic carbocycles. The van der Waals surface area contributed by atoms with Gasteiger partial charge in [-0.25, -0.2) is 8.78 Å². The number of methoxy groups -OCH3 is 2. The molecule has 2 unspecified atom stereocenters. The first-order valence-electron chi connectivity index (χ1n) is 9.46. The lowest BCUT2D eigenvalue weighted by atomic mass is 10.0. The first-order valence-corrected chi connectivity index (χ1v) is 9.46. The summed E-state index contributed by atoms with van der Waals surface area (Å²) in [4.78, 5) is 25.3. The second-order valence-corrected chi connectivity index (χ2v) is 7.13. The fourth-order valence-electron chi connectivity index (χ4n) is 3.02. The first kappa shape index (κ1) is 23.1. The van der Waals surface area contributed by atoms with Crippen LogP contribution in [0.2, 0.25) is 0 Å². The molecule has 0 aliphatic rings. The molecular formula is C22H26F2N2O4. The van der Waals surface area contributed by atoms with Crippen molar-refractivity contribution >= 4 is 11.8 Å². The predicted molar refractivity (Wildman–Crippen MR) is 109 cm³/mol. The normalized spacial score (nSPS) is 12.8. The van der Waals surface area contributed by atoms with Gasteiger partial charge in [-0.1, -0.05) is 19.9 Å². The van der Waals surface area contributed by atoms with Crippen molar-refractivity contribution in [1.29, 1.82) is 0 Å². The van der Waals surface area contributed by atoms with E-state index >= 15 is 0 Å². The minimum Gasteiger partial charge on any atom is -0.497 e. The third kappa shape index (κ3) is 5.25. The number of carbonyl (C=O) groups excluding carboxylic acids is 2. The van der Waals surface area contributed by atoms with E-state index in [-0.39, 0.29) is 5.92 Å². The molecule has 2 rings (SSSR count). The minimum atomic E-state index is -1.00. The summed E-state index contributed by atoms with van der Waals surface area (Å²) in [5.74, 6) is -2.66. The van der Waals surface area contributed by atoms with Gasteiger partial charge in [0.2, 0.25) is 5.91 Å². The molecule has 0 saturated carbocycles. The second-order valence-electron chi connectivity index (χ2n) is 7.13. The zero-order valence-corrected chi connectivity index (χ0v) is 17.6. The molecule has 0 aromatic heterocycles. The van der Waals surface area contributed by atoms with E-state index in [0.29, 0.717) is 17.1 Å². The number of hydrogen-bond donors (Lipinski definition) is 2. The van der Waals surface area contributed by atoms with Gasteiger partial charge in [-0.05, 0) is 43.2 Å². The summed E-state index contributed by atoms with van der Waals surface area (Å²) in [7, 11) is 3.04. The molecule has 2 N–H and O–H groups in total. The molecule has 0 heterocycles. The van der Waals surface area contributed by atoms with Crippen LogP contribution in [0.1, 0.15) is 42.7 Å². The molecule has 0 radical (unpaired) electrons. The SMILES string of the molecule is COc1ccc(OC)c(C(C)NC(=O)C(NC(=O)c2c(F)cccc2F)C(C)C)c1. The Morgan fingerprint density at radius 2 is 1.57 bits per heavy atom.